The van der Waals surface area contributed by atoms with Crippen molar-refractivity contribution in [2.45, 2.75) is 19.8 Å². The Labute approximate surface area is 175 Å². The Kier molecular flexibility index (Phi) is 4.71. The van der Waals surface area contributed by atoms with Gasteiger partial charge in [-0.2, -0.15) is 10.1 Å². The number of fused-ring (bicyclic) bond motifs is 2. The average molecular weight is 400 g/mol. The van der Waals surface area contributed by atoms with Crippen molar-refractivity contribution in [1.82, 2.24) is 14.9 Å². The second-order valence-electron chi connectivity index (χ2n) is 8.05. The first-order chi connectivity index (χ1) is 14.6. The average Bonchev–Trinajstić information content (AvgIpc) is 3.11. The fourth-order valence-electron chi connectivity index (χ4n) is 4.16. The largest absolute Gasteiger partial charge is 0.441 e. The van der Waals surface area contributed by atoms with Crippen LogP contribution in [0, 0.1) is 12.8 Å². The fraction of sp³-hybridized carbons (Fsp3) is 0.292. The monoisotopic (exact) mass is 400 g/mol. The summed E-state index contributed by atoms with van der Waals surface area (Å²) in [6.45, 7) is 3.95. The van der Waals surface area contributed by atoms with Crippen molar-refractivity contribution in [3.63, 3.8) is 0 Å². The summed E-state index contributed by atoms with van der Waals surface area (Å²) in [6.07, 6.45) is 13.7. The topological polar surface area (TPSA) is 61.9 Å². The maximum atomic E-state index is 13.1. The minimum Gasteiger partial charge on any atom is -0.441 e. The number of carbonyl (C=O) groups excluding carboxylic acids is 1. The summed E-state index contributed by atoms with van der Waals surface area (Å²) in [5.74, 6) is 0.876. The van der Waals surface area contributed by atoms with E-state index in [4.69, 9.17) is 9.52 Å². The number of carbonyl (C=O) groups is 1. The number of aromatic nitrogens is 1. The van der Waals surface area contributed by atoms with E-state index < -0.39 is 0 Å². The number of hydrogen-bond donors (Lipinski definition) is 0. The van der Waals surface area contributed by atoms with Gasteiger partial charge in [-0.15, -0.1) is 0 Å². The number of nitrogens with zero attached hydrogens (tertiary/aromatic N) is 4. The summed E-state index contributed by atoms with van der Waals surface area (Å²) < 4.78 is 5.65. The molecule has 0 atom stereocenters. The number of hydrazone groups is 1. The van der Waals surface area contributed by atoms with Gasteiger partial charge in [0.2, 0.25) is 0 Å². The lowest BCUT2D eigenvalue weighted by molar-refractivity contribution is -0.124. The minimum atomic E-state index is -0.149. The normalized spacial score (nSPS) is 25.1. The van der Waals surface area contributed by atoms with Gasteiger partial charge in [-0.25, -0.2) is 4.98 Å². The Balaban J connectivity index is 1.46. The van der Waals surface area contributed by atoms with Crippen LogP contribution in [0.25, 0.3) is 16.7 Å². The number of oxazole rings is 1. The molecular weight excluding hydrogens is 376 g/mol. The Bertz CT molecular complexity index is 1160. The van der Waals surface area contributed by atoms with Gasteiger partial charge in [-0.05, 0) is 74.5 Å². The van der Waals surface area contributed by atoms with Crippen molar-refractivity contribution in [2.24, 2.45) is 11.0 Å². The summed E-state index contributed by atoms with van der Waals surface area (Å²) in [6, 6.07) is 5.80. The van der Waals surface area contributed by atoms with Gasteiger partial charge in [-0.3, -0.25) is 4.79 Å². The number of rotatable bonds is 2. The maximum Gasteiger partial charge on any atom is 0.272 e. The lowest BCUT2D eigenvalue weighted by Gasteiger charge is -2.31. The van der Waals surface area contributed by atoms with Crippen molar-refractivity contribution in [3.8, 4) is 0 Å². The minimum absolute atomic E-state index is 0.149. The first-order valence-corrected chi connectivity index (χ1v) is 10.3. The van der Waals surface area contributed by atoms with E-state index in [2.05, 4.69) is 23.0 Å². The molecule has 1 amide bonds. The van der Waals surface area contributed by atoms with E-state index in [9.17, 15) is 4.79 Å². The molecule has 6 heteroatoms. The number of allylic oxidation sites excluding steroid dienone is 6. The van der Waals surface area contributed by atoms with Gasteiger partial charge < -0.3 is 9.32 Å². The number of hydrogen-bond acceptors (Lipinski definition) is 5. The molecule has 1 fully saturated rings. The third-order valence-corrected chi connectivity index (χ3v) is 5.88. The SMILES string of the molecule is Cc1nc2ccc(C3=C\C(=O)N4N=C(C5CCN(C)CC5)C=C\C4=C/C=C/3)cc2o1. The van der Waals surface area contributed by atoms with Crippen molar-refractivity contribution in [1.29, 1.82) is 0 Å². The van der Waals surface area contributed by atoms with Gasteiger partial charge in [-0.1, -0.05) is 18.2 Å². The predicted molar refractivity (Wildman–Crippen MR) is 118 cm³/mol. The molecular formula is C24H24N4O2. The maximum absolute atomic E-state index is 13.1. The summed E-state index contributed by atoms with van der Waals surface area (Å²) in [7, 11) is 2.15. The van der Waals surface area contributed by atoms with Gasteiger partial charge in [0.15, 0.2) is 11.5 Å². The van der Waals surface area contributed by atoms with Crippen LogP contribution < -0.4 is 0 Å². The zero-order chi connectivity index (χ0) is 20.7. The molecule has 3 aliphatic rings. The number of aryl methyl sites for hydroxylation is 1. The molecule has 1 aromatic heterocycles. The second-order valence-corrected chi connectivity index (χ2v) is 8.05. The van der Waals surface area contributed by atoms with E-state index >= 15 is 0 Å². The number of amides is 1. The molecule has 0 bridgehead atoms. The molecule has 0 aliphatic carbocycles. The number of piperidine rings is 1. The predicted octanol–water partition coefficient (Wildman–Crippen LogP) is 4.07. The molecule has 0 radical (unpaired) electrons. The van der Waals surface area contributed by atoms with E-state index in [1.54, 1.807) is 6.08 Å². The molecule has 4 heterocycles. The molecule has 1 aromatic carbocycles. The van der Waals surface area contributed by atoms with Crippen LogP contribution >= 0.6 is 0 Å². The summed E-state index contributed by atoms with van der Waals surface area (Å²) in [5, 5.41) is 6.26. The third-order valence-electron chi connectivity index (χ3n) is 5.88. The Morgan fingerprint density at radius 1 is 1.13 bits per heavy atom. The third kappa shape index (κ3) is 3.55. The van der Waals surface area contributed by atoms with Gasteiger partial charge >= 0.3 is 0 Å². The number of benzene rings is 1. The highest BCUT2D eigenvalue weighted by Crippen LogP contribution is 2.27. The zero-order valence-corrected chi connectivity index (χ0v) is 17.2. The highest BCUT2D eigenvalue weighted by atomic mass is 16.3. The second kappa shape index (κ2) is 7.54. The van der Waals surface area contributed by atoms with Crippen molar-refractivity contribution < 1.29 is 9.21 Å². The molecule has 152 valence electrons. The van der Waals surface area contributed by atoms with Gasteiger partial charge in [0, 0.05) is 18.9 Å². The summed E-state index contributed by atoms with van der Waals surface area (Å²) >= 11 is 0. The van der Waals surface area contributed by atoms with E-state index in [1.165, 1.54) is 5.01 Å². The van der Waals surface area contributed by atoms with Gasteiger partial charge in [0.05, 0.1) is 11.4 Å². The van der Waals surface area contributed by atoms with Crippen molar-refractivity contribution >= 4 is 28.3 Å². The van der Waals surface area contributed by atoms with E-state index in [0.29, 0.717) is 17.4 Å². The van der Waals surface area contributed by atoms with Crippen LogP contribution in [0.5, 0.6) is 0 Å². The van der Waals surface area contributed by atoms with Crippen LogP contribution in [-0.2, 0) is 4.79 Å². The fourth-order valence-corrected chi connectivity index (χ4v) is 4.16. The highest BCUT2D eigenvalue weighted by molar-refractivity contribution is 6.03. The van der Waals surface area contributed by atoms with Crippen molar-refractivity contribution in [3.05, 3.63) is 71.8 Å². The van der Waals surface area contributed by atoms with Gasteiger partial charge in [0.1, 0.15) is 5.52 Å². The van der Waals surface area contributed by atoms with Crippen LogP contribution in [0.4, 0.5) is 0 Å². The molecule has 0 spiro atoms. The highest BCUT2D eigenvalue weighted by Gasteiger charge is 2.26. The molecule has 5 rings (SSSR count). The van der Waals surface area contributed by atoms with E-state index in [0.717, 1.165) is 54.0 Å². The molecule has 30 heavy (non-hydrogen) atoms. The van der Waals surface area contributed by atoms with E-state index in [1.807, 2.05) is 49.4 Å². The standard InChI is InChI=1S/C24H24N4O2/c1-16-25-22-8-6-19(14-23(22)30-16)18-4-3-5-20-7-9-21(26-28(20)24(29)15-18)17-10-12-27(2)13-11-17/h3-9,14-15,17H,10-13H2,1-2H3/b4-3+,18-15+,20-5+. The first kappa shape index (κ1) is 18.8. The van der Waals surface area contributed by atoms with E-state index in [-0.39, 0.29) is 5.91 Å². The Morgan fingerprint density at radius 3 is 2.80 bits per heavy atom. The Hall–Kier alpha value is -3.25. The quantitative estimate of drug-likeness (QED) is 0.762. The zero-order valence-electron chi connectivity index (χ0n) is 17.2. The molecule has 0 saturated carbocycles. The Morgan fingerprint density at radius 2 is 1.97 bits per heavy atom. The molecule has 6 nitrogen and oxygen atoms in total. The van der Waals surface area contributed by atoms with Crippen LogP contribution in [-0.4, -0.2) is 46.6 Å². The van der Waals surface area contributed by atoms with Gasteiger partial charge in [0.25, 0.3) is 5.91 Å². The van der Waals surface area contributed by atoms with Crippen LogP contribution in [0.2, 0.25) is 0 Å². The summed E-state index contributed by atoms with van der Waals surface area (Å²) in [4.78, 5) is 19.8. The van der Waals surface area contributed by atoms with Crippen LogP contribution in [0.15, 0.2) is 69.9 Å². The van der Waals surface area contributed by atoms with Crippen LogP contribution in [0.1, 0.15) is 24.3 Å². The lowest BCUT2D eigenvalue weighted by Crippen LogP contribution is -2.35. The molecule has 0 N–H and O–H groups in total. The van der Waals surface area contributed by atoms with Crippen LogP contribution in [0.3, 0.4) is 0 Å². The smallest absolute Gasteiger partial charge is 0.272 e. The molecule has 2 aromatic rings. The molecule has 3 aliphatic heterocycles. The van der Waals surface area contributed by atoms with Crippen molar-refractivity contribution in [2.75, 3.05) is 20.1 Å². The number of likely N-dealkylation sites (tertiary alicyclic amines) is 1. The first-order valence-electron chi connectivity index (χ1n) is 10.3. The summed E-state index contributed by atoms with van der Waals surface area (Å²) in [5.41, 5.74) is 5.03. The molecule has 0 unspecified atom stereocenters. The molecule has 1 saturated heterocycles. The lowest BCUT2D eigenvalue weighted by atomic mass is 9.91.